The number of thiophene rings is 1. The van der Waals surface area contributed by atoms with Gasteiger partial charge < -0.3 is 4.90 Å². The number of pyridine rings is 1. The van der Waals surface area contributed by atoms with Crippen molar-refractivity contribution in [2.24, 2.45) is 0 Å². The minimum Gasteiger partial charge on any atom is -0.374 e. The monoisotopic (exact) mass is 364 g/mol. The molecule has 0 atom stereocenters. The number of aryl methyl sites for hydroxylation is 2. The molecule has 0 saturated heterocycles. The quantitative estimate of drug-likeness (QED) is 0.550. The van der Waals surface area contributed by atoms with Crippen LogP contribution in [0.25, 0.3) is 26.1 Å². The van der Waals surface area contributed by atoms with E-state index in [-0.39, 0.29) is 5.56 Å². The molecule has 0 aliphatic heterocycles. The van der Waals surface area contributed by atoms with E-state index in [0.29, 0.717) is 10.5 Å². The maximum absolute atomic E-state index is 13.2. The van der Waals surface area contributed by atoms with Crippen LogP contribution in [0.4, 0.5) is 5.69 Å². The lowest BCUT2D eigenvalue weighted by Gasteiger charge is -2.17. The van der Waals surface area contributed by atoms with Gasteiger partial charge in [0, 0.05) is 19.8 Å². The molecule has 3 heterocycles. The van der Waals surface area contributed by atoms with Crippen molar-refractivity contribution < 1.29 is 0 Å². The first-order valence-electron chi connectivity index (χ1n) is 8.60. The highest BCUT2D eigenvalue weighted by molar-refractivity contribution is 7.25. The Morgan fingerprint density at radius 3 is 2.58 bits per heavy atom. The van der Waals surface area contributed by atoms with E-state index in [1.54, 1.807) is 10.8 Å². The smallest absolute Gasteiger partial charge is 0.276 e. The number of rotatable bonds is 3. The molecule has 0 bridgehead atoms. The summed E-state index contributed by atoms with van der Waals surface area (Å²) < 4.78 is 2.33. The Morgan fingerprint density at radius 1 is 1.15 bits per heavy atom. The molecule has 0 fully saturated rings. The Labute approximate surface area is 155 Å². The zero-order valence-electron chi connectivity index (χ0n) is 15.3. The van der Waals surface area contributed by atoms with Crippen molar-refractivity contribution in [3.8, 4) is 5.69 Å². The summed E-state index contributed by atoms with van der Waals surface area (Å²) in [6, 6.07) is 9.91. The highest BCUT2D eigenvalue weighted by Crippen LogP contribution is 2.35. The zero-order valence-corrected chi connectivity index (χ0v) is 16.1. The second-order valence-corrected chi connectivity index (χ2v) is 7.44. The van der Waals surface area contributed by atoms with Crippen LogP contribution in [0.15, 0.2) is 41.3 Å². The van der Waals surface area contributed by atoms with Gasteiger partial charge >= 0.3 is 0 Å². The SMILES string of the molecule is CCN(C)c1ccnc2sc3c(=O)n(-c4ccc(C)cc4)c(C)nc3c12. The highest BCUT2D eigenvalue weighted by Gasteiger charge is 2.19. The molecule has 0 unspecified atom stereocenters. The second kappa shape index (κ2) is 6.21. The largest absolute Gasteiger partial charge is 0.374 e. The topological polar surface area (TPSA) is 51.0 Å². The molecular weight excluding hydrogens is 344 g/mol. The molecule has 1 aromatic carbocycles. The maximum Gasteiger partial charge on any atom is 0.276 e. The normalized spacial score (nSPS) is 11.4. The number of aromatic nitrogens is 3. The predicted molar refractivity (Wildman–Crippen MR) is 109 cm³/mol. The van der Waals surface area contributed by atoms with Gasteiger partial charge in [-0.15, -0.1) is 11.3 Å². The average molecular weight is 364 g/mol. The molecule has 4 rings (SSSR count). The fourth-order valence-corrected chi connectivity index (χ4v) is 4.22. The molecule has 0 amide bonds. The number of benzene rings is 1. The third-order valence-electron chi connectivity index (χ3n) is 4.72. The summed E-state index contributed by atoms with van der Waals surface area (Å²) in [6.45, 7) is 6.88. The van der Waals surface area contributed by atoms with E-state index in [2.05, 4.69) is 16.8 Å². The standard InChI is InChI=1S/C20H20N4OS/c1-5-23(4)15-10-11-21-19-16(15)17-18(26-19)20(25)24(13(3)22-17)14-8-6-12(2)7-9-14/h6-11H,5H2,1-4H3. The summed E-state index contributed by atoms with van der Waals surface area (Å²) in [4.78, 5) is 25.5. The van der Waals surface area contributed by atoms with Crippen LogP contribution in [0.3, 0.4) is 0 Å². The fraction of sp³-hybridized carbons (Fsp3) is 0.250. The Kier molecular flexibility index (Phi) is 4.00. The number of anilines is 1. The molecule has 4 aromatic rings. The van der Waals surface area contributed by atoms with Crippen LogP contribution in [-0.2, 0) is 0 Å². The lowest BCUT2D eigenvalue weighted by Crippen LogP contribution is -2.21. The van der Waals surface area contributed by atoms with E-state index in [4.69, 9.17) is 4.98 Å². The molecular formula is C20H20N4OS. The lowest BCUT2D eigenvalue weighted by atomic mass is 10.2. The molecule has 0 radical (unpaired) electrons. The second-order valence-electron chi connectivity index (χ2n) is 6.44. The maximum atomic E-state index is 13.2. The first kappa shape index (κ1) is 16.7. The first-order valence-corrected chi connectivity index (χ1v) is 9.42. The Balaban J connectivity index is 2.07. The van der Waals surface area contributed by atoms with Gasteiger partial charge in [-0.05, 0) is 39.0 Å². The predicted octanol–water partition coefficient (Wildman–Crippen LogP) is 4.07. The Morgan fingerprint density at radius 2 is 1.88 bits per heavy atom. The number of hydrogen-bond acceptors (Lipinski definition) is 5. The molecule has 6 heteroatoms. The van der Waals surface area contributed by atoms with E-state index in [1.165, 1.54) is 11.3 Å². The van der Waals surface area contributed by atoms with E-state index in [9.17, 15) is 4.79 Å². The van der Waals surface area contributed by atoms with Crippen molar-refractivity contribution in [1.29, 1.82) is 0 Å². The van der Waals surface area contributed by atoms with Crippen LogP contribution in [0.2, 0.25) is 0 Å². The molecule has 0 aliphatic rings. The molecule has 132 valence electrons. The van der Waals surface area contributed by atoms with Gasteiger partial charge in [-0.1, -0.05) is 17.7 Å². The third-order valence-corrected chi connectivity index (χ3v) is 5.79. The molecule has 0 spiro atoms. The van der Waals surface area contributed by atoms with Gasteiger partial charge in [0.25, 0.3) is 5.56 Å². The zero-order chi connectivity index (χ0) is 18.4. The average Bonchev–Trinajstić information content (AvgIpc) is 3.01. The summed E-state index contributed by atoms with van der Waals surface area (Å²) in [7, 11) is 2.04. The minimum atomic E-state index is -0.0375. The van der Waals surface area contributed by atoms with Gasteiger partial charge in [0.15, 0.2) is 0 Å². The van der Waals surface area contributed by atoms with E-state index in [1.807, 2.05) is 51.2 Å². The van der Waals surface area contributed by atoms with Crippen LogP contribution in [0.5, 0.6) is 0 Å². The van der Waals surface area contributed by atoms with Crippen LogP contribution in [-0.4, -0.2) is 28.1 Å². The van der Waals surface area contributed by atoms with Gasteiger partial charge in [-0.3, -0.25) is 9.36 Å². The summed E-state index contributed by atoms with van der Waals surface area (Å²) in [6.07, 6.45) is 1.80. The van der Waals surface area contributed by atoms with Crippen molar-refractivity contribution in [1.82, 2.24) is 14.5 Å². The van der Waals surface area contributed by atoms with Gasteiger partial charge in [-0.25, -0.2) is 9.97 Å². The summed E-state index contributed by atoms with van der Waals surface area (Å²) in [5, 5.41) is 0.966. The summed E-state index contributed by atoms with van der Waals surface area (Å²) in [5.41, 5.74) is 3.77. The van der Waals surface area contributed by atoms with Gasteiger partial charge in [0.05, 0.1) is 16.8 Å². The van der Waals surface area contributed by atoms with Gasteiger partial charge in [0.1, 0.15) is 20.9 Å². The molecule has 0 aliphatic carbocycles. The highest BCUT2D eigenvalue weighted by atomic mass is 32.1. The number of fused-ring (bicyclic) bond motifs is 3. The van der Waals surface area contributed by atoms with Crippen LogP contribution < -0.4 is 10.5 Å². The minimum absolute atomic E-state index is 0.0375. The summed E-state index contributed by atoms with van der Waals surface area (Å²) >= 11 is 1.42. The Hall–Kier alpha value is -2.73. The van der Waals surface area contributed by atoms with Crippen LogP contribution in [0, 0.1) is 13.8 Å². The van der Waals surface area contributed by atoms with Crippen molar-refractivity contribution in [3.05, 3.63) is 58.3 Å². The molecule has 26 heavy (non-hydrogen) atoms. The van der Waals surface area contributed by atoms with Crippen molar-refractivity contribution in [2.75, 3.05) is 18.5 Å². The van der Waals surface area contributed by atoms with Crippen molar-refractivity contribution in [2.45, 2.75) is 20.8 Å². The van der Waals surface area contributed by atoms with Gasteiger partial charge in [0.2, 0.25) is 0 Å². The first-order chi connectivity index (χ1) is 12.5. The van der Waals surface area contributed by atoms with Crippen LogP contribution >= 0.6 is 11.3 Å². The molecule has 3 aromatic heterocycles. The van der Waals surface area contributed by atoms with Crippen LogP contribution in [0.1, 0.15) is 18.3 Å². The third kappa shape index (κ3) is 2.49. The van der Waals surface area contributed by atoms with E-state index >= 15 is 0 Å². The molecule has 0 saturated carbocycles. The Bertz CT molecular complexity index is 1170. The van der Waals surface area contributed by atoms with Crippen molar-refractivity contribution in [3.63, 3.8) is 0 Å². The lowest BCUT2D eigenvalue weighted by molar-refractivity contribution is 0.897. The van der Waals surface area contributed by atoms with E-state index < -0.39 is 0 Å². The number of hydrogen-bond donors (Lipinski definition) is 0. The summed E-state index contributed by atoms with van der Waals surface area (Å²) in [5.74, 6) is 0.681. The van der Waals surface area contributed by atoms with Gasteiger partial charge in [-0.2, -0.15) is 0 Å². The molecule has 0 N–H and O–H groups in total. The van der Waals surface area contributed by atoms with E-state index in [0.717, 1.165) is 39.2 Å². The molecule has 5 nitrogen and oxygen atoms in total. The number of nitrogens with zero attached hydrogens (tertiary/aromatic N) is 4. The fourth-order valence-electron chi connectivity index (χ4n) is 3.19. The van der Waals surface area contributed by atoms with Crippen molar-refractivity contribution >= 4 is 37.5 Å².